The van der Waals surface area contributed by atoms with E-state index >= 15 is 0 Å². The molecule has 0 aromatic rings. The Bertz CT molecular complexity index is 264. The van der Waals surface area contributed by atoms with Crippen LogP contribution in [0.1, 0.15) is 72.1 Å². The van der Waals surface area contributed by atoms with Crippen molar-refractivity contribution < 1.29 is 4.74 Å². The fraction of sp³-hybridized carbons (Fsp3) is 1.00. The molecule has 1 saturated carbocycles. The van der Waals surface area contributed by atoms with Gasteiger partial charge in [-0.15, -0.1) is 0 Å². The third-order valence-corrected chi connectivity index (χ3v) is 4.92. The van der Waals surface area contributed by atoms with Crippen LogP contribution < -0.4 is 5.32 Å². The quantitative estimate of drug-likeness (QED) is 0.824. The number of rotatable bonds is 3. The van der Waals surface area contributed by atoms with Crippen molar-refractivity contribution in [3.63, 3.8) is 0 Å². The zero-order chi connectivity index (χ0) is 13.1. The molecule has 2 atom stereocenters. The molecule has 18 heavy (non-hydrogen) atoms. The Morgan fingerprint density at radius 2 is 2.00 bits per heavy atom. The second-order valence-electron chi connectivity index (χ2n) is 7.19. The first kappa shape index (κ1) is 14.3. The first-order chi connectivity index (χ1) is 8.55. The van der Waals surface area contributed by atoms with Gasteiger partial charge in [-0.25, -0.2) is 0 Å². The third kappa shape index (κ3) is 3.71. The van der Waals surface area contributed by atoms with Crippen molar-refractivity contribution in [2.45, 2.75) is 83.8 Å². The summed E-state index contributed by atoms with van der Waals surface area (Å²) >= 11 is 0. The molecular weight excluding hydrogens is 222 g/mol. The maximum absolute atomic E-state index is 6.25. The van der Waals surface area contributed by atoms with Crippen LogP contribution in [-0.2, 0) is 4.74 Å². The van der Waals surface area contributed by atoms with Gasteiger partial charge in [-0.1, -0.05) is 27.2 Å². The van der Waals surface area contributed by atoms with E-state index in [9.17, 15) is 0 Å². The molecule has 0 radical (unpaired) electrons. The fourth-order valence-electron chi connectivity index (χ4n) is 3.60. The smallest absolute Gasteiger partial charge is 0.0697 e. The molecule has 2 rings (SSSR count). The molecule has 0 aromatic carbocycles. The van der Waals surface area contributed by atoms with Gasteiger partial charge in [-0.05, 0) is 56.9 Å². The molecule has 106 valence electrons. The van der Waals surface area contributed by atoms with Crippen molar-refractivity contribution in [1.29, 1.82) is 0 Å². The molecule has 1 aliphatic carbocycles. The van der Waals surface area contributed by atoms with E-state index in [1.165, 1.54) is 51.4 Å². The average molecular weight is 253 g/mol. The van der Waals surface area contributed by atoms with Crippen LogP contribution in [0.4, 0.5) is 0 Å². The Morgan fingerprint density at radius 3 is 2.78 bits per heavy atom. The molecule has 1 aliphatic heterocycles. The minimum atomic E-state index is 0.206. The van der Waals surface area contributed by atoms with Crippen molar-refractivity contribution >= 4 is 0 Å². The molecule has 0 aromatic heterocycles. The van der Waals surface area contributed by atoms with Crippen LogP contribution in [0.3, 0.4) is 0 Å². The summed E-state index contributed by atoms with van der Waals surface area (Å²) in [6.07, 6.45) is 10.3. The Morgan fingerprint density at radius 1 is 1.17 bits per heavy atom. The summed E-state index contributed by atoms with van der Waals surface area (Å²) in [6.45, 7) is 9.20. The first-order valence-corrected chi connectivity index (χ1v) is 7.93. The van der Waals surface area contributed by atoms with Crippen LogP contribution in [0.25, 0.3) is 0 Å². The van der Waals surface area contributed by atoms with E-state index in [0.717, 1.165) is 13.2 Å². The van der Waals surface area contributed by atoms with Crippen molar-refractivity contribution in [1.82, 2.24) is 5.32 Å². The molecule has 1 N–H and O–H groups in total. The Kier molecular flexibility index (Phi) is 4.71. The van der Waals surface area contributed by atoms with Gasteiger partial charge in [-0.3, -0.25) is 0 Å². The SMILES string of the molecule is CCCNC1CCOC2(CCCC(C)(C)CC2)C1. The monoisotopic (exact) mass is 253 g/mol. The van der Waals surface area contributed by atoms with E-state index in [4.69, 9.17) is 4.74 Å². The van der Waals surface area contributed by atoms with E-state index in [1.807, 2.05) is 0 Å². The molecule has 2 heteroatoms. The van der Waals surface area contributed by atoms with Gasteiger partial charge in [0.05, 0.1) is 5.60 Å². The van der Waals surface area contributed by atoms with Crippen LogP contribution >= 0.6 is 0 Å². The van der Waals surface area contributed by atoms with Gasteiger partial charge in [0, 0.05) is 12.6 Å². The zero-order valence-electron chi connectivity index (χ0n) is 12.6. The highest BCUT2D eigenvalue weighted by Gasteiger charge is 2.40. The number of hydrogen-bond donors (Lipinski definition) is 1. The number of ether oxygens (including phenoxy) is 1. The Hall–Kier alpha value is -0.0800. The normalized spacial score (nSPS) is 36.5. The average Bonchev–Trinajstić information content (AvgIpc) is 2.47. The fourth-order valence-corrected chi connectivity index (χ4v) is 3.60. The summed E-state index contributed by atoms with van der Waals surface area (Å²) in [5.74, 6) is 0. The number of nitrogens with one attached hydrogen (secondary N) is 1. The minimum Gasteiger partial charge on any atom is -0.375 e. The topological polar surface area (TPSA) is 21.3 Å². The lowest BCUT2D eigenvalue weighted by molar-refractivity contribution is -0.0983. The lowest BCUT2D eigenvalue weighted by atomic mass is 9.81. The molecule has 2 nitrogen and oxygen atoms in total. The molecule has 2 aliphatic rings. The van der Waals surface area contributed by atoms with Gasteiger partial charge < -0.3 is 10.1 Å². The van der Waals surface area contributed by atoms with Gasteiger partial charge in [-0.2, -0.15) is 0 Å². The summed E-state index contributed by atoms with van der Waals surface area (Å²) in [4.78, 5) is 0. The summed E-state index contributed by atoms with van der Waals surface area (Å²) in [5, 5.41) is 3.70. The maximum Gasteiger partial charge on any atom is 0.0697 e. The molecule has 0 amide bonds. The van der Waals surface area contributed by atoms with Crippen LogP contribution in [0.5, 0.6) is 0 Å². The molecule has 2 fully saturated rings. The molecule has 1 heterocycles. The highest BCUT2D eigenvalue weighted by molar-refractivity contribution is 4.93. The van der Waals surface area contributed by atoms with Crippen molar-refractivity contribution in [3.05, 3.63) is 0 Å². The van der Waals surface area contributed by atoms with E-state index in [0.29, 0.717) is 11.5 Å². The van der Waals surface area contributed by atoms with Crippen LogP contribution in [0.2, 0.25) is 0 Å². The van der Waals surface area contributed by atoms with Crippen LogP contribution in [-0.4, -0.2) is 24.8 Å². The largest absolute Gasteiger partial charge is 0.375 e. The van der Waals surface area contributed by atoms with Crippen LogP contribution in [0.15, 0.2) is 0 Å². The van der Waals surface area contributed by atoms with Crippen LogP contribution in [0, 0.1) is 5.41 Å². The summed E-state index contributed by atoms with van der Waals surface area (Å²) in [6, 6.07) is 0.694. The van der Waals surface area contributed by atoms with Gasteiger partial charge in [0.2, 0.25) is 0 Å². The maximum atomic E-state index is 6.25. The van der Waals surface area contributed by atoms with E-state index < -0.39 is 0 Å². The van der Waals surface area contributed by atoms with Gasteiger partial charge >= 0.3 is 0 Å². The van der Waals surface area contributed by atoms with Crippen molar-refractivity contribution in [2.24, 2.45) is 5.41 Å². The summed E-state index contributed by atoms with van der Waals surface area (Å²) in [5.41, 5.74) is 0.730. The lowest BCUT2D eigenvalue weighted by Gasteiger charge is -2.41. The lowest BCUT2D eigenvalue weighted by Crippen LogP contribution is -2.47. The van der Waals surface area contributed by atoms with Gasteiger partial charge in [0.15, 0.2) is 0 Å². The summed E-state index contributed by atoms with van der Waals surface area (Å²) < 4.78 is 6.25. The van der Waals surface area contributed by atoms with E-state index in [2.05, 4.69) is 26.1 Å². The highest BCUT2D eigenvalue weighted by atomic mass is 16.5. The molecular formula is C16H31NO. The second-order valence-corrected chi connectivity index (χ2v) is 7.19. The molecule has 2 unspecified atom stereocenters. The third-order valence-electron chi connectivity index (χ3n) is 4.92. The molecule has 0 bridgehead atoms. The van der Waals surface area contributed by atoms with Gasteiger partial charge in [0.25, 0.3) is 0 Å². The van der Waals surface area contributed by atoms with Gasteiger partial charge in [0.1, 0.15) is 0 Å². The highest BCUT2D eigenvalue weighted by Crippen LogP contribution is 2.43. The summed E-state index contributed by atoms with van der Waals surface area (Å²) in [7, 11) is 0. The van der Waals surface area contributed by atoms with Crippen molar-refractivity contribution in [2.75, 3.05) is 13.2 Å². The zero-order valence-corrected chi connectivity index (χ0v) is 12.6. The molecule has 1 saturated heterocycles. The standard InChI is InChI=1S/C16H31NO/c1-4-11-17-14-6-12-18-16(13-14)8-5-7-15(2,3)9-10-16/h14,17H,4-13H2,1-3H3. The Labute approximate surface area is 113 Å². The first-order valence-electron chi connectivity index (χ1n) is 7.93. The second kappa shape index (κ2) is 5.92. The van der Waals surface area contributed by atoms with Crippen molar-refractivity contribution in [3.8, 4) is 0 Å². The number of hydrogen-bond acceptors (Lipinski definition) is 2. The molecule has 1 spiro atoms. The predicted octanol–water partition coefficient (Wildman–Crippen LogP) is 3.89. The van der Waals surface area contributed by atoms with E-state index in [1.54, 1.807) is 0 Å². The Balaban J connectivity index is 1.93. The predicted molar refractivity (Wildman–Crippen MR) is 76.9 cm³/mol. The van der Waals surface area contributed by atoms with E-state index in [-0.39, 0.29) is 5.60 Å². The minimum absolute atomic E-state index is 0.206.